The molecular weight excluding hydrogens is 179 g/mol. The predicted octanol–water partition coefficient (Wildman–Crippen LogP) is 0.761. The van der Waals surface area contributed by atoms with Gasteiger partial charge in [0.15, 0.2) is 0 Å². The Labute approximate surface area is 70.7 Å². The van der Waals surface area contributed by atoms with E-state index in [1.807, 2.05) is 6.92 Å². The molecule has 4 nitrogen and oxygen atoms in total. The molecule has 1 aromatic carbocycles. The fraction of sp³-hybridized carbons (Fsp3) is 0.143. The molecule has 0 atom stereocenters. The molecule has 68 valence electrons. The zero-order valence-electron chi connectivity index (χ0n) is 6.56. The van der Waals surface area contributed by atoms with Gasteiger partial charge in [-0.05, 0) is 0 Å². The van der Waals surface area contributed by atoms with Gasteiger partial charge >= 0.3 is 69.9 Å². The van der Waals surface area contributed by atoms with Crippen molar-refractivity contribution in [2.75, 3.05) is 0 Å². The topological polar surface area (TPSA) is 69.9 Å². The van der Waals surface area contributed by atoms with Gasteiger partial charge in [0.05, 0.1) is 0 Å². The Hall–Kier alpha value is -0.670. The van der Waals surface area contributed by atoms with Gasteiger partial charge in [0.2, 0.25) is 0 Å². The van der Waals surface area contributed by atoms with Crippen LogP contribution in [0.2, 0.25) is 0 Å². The molecule has 0 bridgehead atoms. The summed E-state index contributed by atoms with van der Waals surface area (Å²) in [7, 11) is -4.42. The predicted molar refractivity (Wildman–Crippen MR) is 46.8 cm³/mol. The minimum absolute atomic E-state index is 0.250. The zero-order valence-corrected chi connectivity index (χ0v) is 7.56. The molecule has 0 fully saturated rings. The monoisotopic (exact) mass is 190 g/mol. The van der Waals surface area contributed by atoms with Crippen LogP contribution in [0.1, 0.15) is 5.56 Å². The van der Waals surface area contributed by atoms with Gasteiger partial charge in [0.1, 0.15) is 0 Å². The molecule has 0 spiro atoms. The molecule has 0 amide bonds. The first kappa shape index (κ1) is 9.42. The summed E-state index contributed by atoms with van der Waals surface area (Å²) in [4.78, 5) is 25.7. The van der Waals surface area contributed by atoms with Crippen LogP contribution in [0.3, 0.4) is 0 Å². The van der Waals surface area contributed by atoms with Crippen molar-refractivity contribution in [1.29, 1.82) is 0 Å². The molecule has 1 rings (SSSR count). The van der Waals surface area contributed by atoms with E-state index in [1.165, 1.54) is 0 Å². The molecule has 3 N–H and O–H groups in total. The molecule has 5 heteroatoms. The Balaban J connectivity index is 2.71. The van der Waals surface area contributed by atoms with Crippen molar-refractivity contribution < 1.29 is 19.2 Å². The standard InChI is InChI=1S/C7H11O4P/c1-6-2-4-7(5-3-6)11-12(8,9)10/h2-5,8-10,12H,1H3. The Morgan fingerprint density at radius 3 is 2.00 bits per heavy atom. The second-order valence-corrected chi connectivity index (χ2v) is 3.84. The van der Waals surface area contributed by atoms with Crippen molar-refractivity contribution in [3.05, 3.63) is 29.8 Å². The van der Waals surface area contributed by atoms with Crippen LogP contribution in [0.5, 0.6) is 5.75 Å². The molecular formula is C7H11O4P. The molecule has 0 saturated heterocycles. The van der Waals surface area contributed by atoms with Crippen LogP contribution in [-0.4, -0.2) is 14.7 Å². The van der Waals surface area contributed by atoms with Gasteiger partial charge in [-0.25, -0.2) is 0 Å². The van der Waals surface area contributed by atoms with E-state index in [4.69, 9.17) is 14.7 Å². The van der Waals surface area contributed by atoms with Crippen LogP contribution in [0.4, 0.5) is 0 Å². The number of benzene rings is 1. The molecule has 0 saturated carbocycles. The fourth-order valence-electron chi connectivity index (χ4n) is 0.764. The number of rotatable bonds is 2. The molecule has 0 aliphatic carbocycles. The summed E-state index contributed by atoms with van der Waals surface area (Å²) < 4.78 is 4.46. The molecule has 0 aromatic heterocycles. The first-order valence-corrected chi connectivity index (χ1v) is 5.15. The summed E-state index contributed by atoms with van der Waals surface area (Å²) in [6, 6.07) is 6.60. The van der Waals surface area contributed by atoms with E-state index in [0.29, 0.717) is 0 Å². The molecule has 0 heterocycles. The average Bonchev–Trinajstić information content (AvgIpc) is 1.91. The Morgan fingerprint density at radius 1 is 1.08 bits per heavy atom. The number of aryl methyl sites for hydroxylation is 1. The average molecular weight is 190 g/mol. The van der Waals surface area contributed by atoms with Crippen LogP contribution in [0.15, 0.2) is 24.3 Å². The first-order valence-electron chi connectivity index (χ1n) is 3.40. The maximum atomic E-state index is 8.57. The third-order valence-corrected chi connectivity index (χ3v) is 1.79. The van der Waals surface area contributed by atoms with E-state index in [1.54, 1.807) is 24.3 Å². The Bertz CT molecular complexity index is 251. The number of hydrogen-bond donors (Lipinski definition) is 3. The van der Waals surface area contributed by atoms with Crippen molar-refractivity contribution in [3.8, 4) is 5.75 Å². The molecule has 0 radical (unpaired) electrons. The van der Waals surface area contributed by atoms with Gasteiger partial charge in [-0.1, -0.05) is 0 Å². The summed E-state index contributed by atoms with van der Waals surface area (Å²) in [6.45, 7) is 1.89. The quantitative estimate of drug-likeness (QED) is 0.602. The molecule has 12 heavy (non-hydrogen) atoms. The summed E-state index contributed by atoms with van der Waals surface area (Å²) in [5.41, 5.74) is 1.03. The van der Waals surface area contributed by atoms with Gasteiger partial charge in [0.25, 0.3) is 0 Å². The van der Waals surface area contributed by atoms with E-state index in [9.17, 15) is 0 Å². The van der Waals surface area contributed by atoms with Crippen molar-refractivity contribution in [2.45, 2.75) is 6.92 Å². The van der Waals surface area contributed by atoms with Crippen LogP contribution in [0, 0.1) is 6.92 Å². The van der Waals surface area contributed by atoms with E-state index < -0.39 is 8.17 Å². The van der Waals surface area contributed by atoms with Crippen molar-refractivity contribution in [3.63, 3.8) is 0 Å². The van der Waals surface area contributed by atoms with E-state index in [0.717, 1.165) is 5.56 Å². The Morgan fingerprint density at radius 2 is 1.58 bits per heavy atom. The summed E-state index contributed by atoms with van der Waals surface area (Å²) >= 11 is 0. The molecule has 0 unspecified atom stereocenters. The third-order valence-electron chi connectivity index (χ3n) is 1.28. The van der Waals surface area contributed by atoms with E-state index >= 15 is 0 Å². The van der Waals surface area contributed by atoms with Crippen LogP contribution < -0.4 is 4.52 Å². The van der Waals surface area contributed by atoms with E-state index in [-0.39, 0.29) is 5.75 Å². The summed E-state index contributed by atoms with van der Waals surface area (Å²) in [6.07, 6.45) is 0. The van der Waals surface area contributed by atoms with Gasteiger partial charge < -0.3 is 0 Å². The van der Waals surface area contributed by atoms with E-state index in [2.05, 4.69) is 4.52 Å². The summed E-state index contributed by atoms with van der Waals surface area (Å²) in [5, 5.41) is 0. The van der Waals surface area contributed by atoms with Crippen molar-refractivity contribution >= 4 is 8.17 Å². The minimum atomic E-state index is -4.42. The van der Waals surface area contributed by atoms with Crippen LogP contribution >= 0.6 is 8.17 Å². The molecule has 1 aromatic rings. The zero-order chi connectivity index (χ0) is 9.19. The van der Waals surface area contributed by atoms with Gasteiger partial charge in [-0.2, -0.15) is 0 Å². The first-order chi connectivity index (χ1) is 5.47. The summed E-state index contributed by atoms with van der Waals surface area (Å²) in [5.74, 6) is 0.250. The third kappa shape index (κ3) is 3.15. The van der Waals surface area contributed by atoms with Crippen LogP contribution in [-0.2, 0) is 0 Å². The van der Waals surface area contributed by atoms with Crippen molar-refractivity contribution in [1.82, 2.24) is 0 Å². The maximum absolute atomic E-state index is 8.57. The second-order valence-electron chi connectivity index (χ2n) is 2.49. The van der Waals surface area contributed by atoms with Gasteiger partial charge in [-0.3, -0.25) is 0 Å². The van der Waals surface area contributed by atoms with Gasteiger partial charge in [-0.15, -0.1) is 0 Å². The Kier molecular flexibility index (Phi) is 2.65. The fourth-order valence-corrected chi connectivity index (χ4v) is 1.22. The molecule has 0 aliphatic heterocycles. The van der Waals surface area contributed by atoms with Gasteiger partial charge in [0, 0.05) is 0 Å². The number of hydrogen-bond acceptors (Lipinski definition) is 4. The molecule has 0 aliphatic rings. The second kappa shape index (κ2) is 3.37. The van der Waals surface area contributed by atoms with Crippen molar-refractivity contribution in [2.24, 2.45) is 0 Å². The normalized spacial score (nSPS) is 12.7. The van der Waals surface area contributed by atoms with Crippen LogP contribution in [0.25, 0.3) is 0 Å². The SMILES string of the molecule is Cc1ccc(O[PH](O)(O)O)cc1.